The number of esters is 1. The van der Waals surface area contributed by atoms with Crippen molar-refractivity contribution in [1.29, 1.82) is 0 Å². The third kappa shape index (κ3) is 9.07. The fourth-order valence-electron chi connectivity index (χ4n) is 4.24. The van der Waals surface area contributed by atoms with Crippen molar-refractivity contribution in [3.63, 3.8) is 0 Å². The van der Waals surface area contributed by atoms with E-state index in [1.54, 1.807) is 20.0 Å². The number of ether oxygens (including phenoxy) is 3. The molecule has 1 fully saturated rings. The van der Waals surface area contributed by atoms with Gasteiger partial charge in [-0.3, -0.25) is 4.90 Å². The van der Waals surface area contributed by atoms with E-state index in [9.17, 15) is 9.59 Å². The summed E-state index contributed by atoms with van der Waals surface area (Å²) in [6.45, 7) is 10.4. The normalized spacial score (nSPS) is 20.8. The molecule has 1 aliphatic rings. The molecule has 1 aromatic rings. The van der Waals surface area contributed by atoms with E-state index in [-0.39, 0.29) is 18.2 Å². The highest BCUT2D eigenvalue weighted by Crippen LogP contribution is 2.37. The Morgan fingerprint density at radius 1 is 1.16 bits per heavy atom. The van der Waals surface area contributed by atoms with E-state index in [0.29, 0.717) is 38.4 Å². The van der Waals surface area contributed by atoms with Gasteiger partial charge in [0.15, 0.2) is 5.84 Å². The minimum Gasteiger partial charge on any atom is -0.460 e. The minimum atomic E-state index is -0.926. The maximum Gasteiger partial charge on any atom is 0.410 e. The van der Waals surface area contributed by atoms with Gasteiger partial charge in [-0.1, -0.05) is 42.4 Å². The summed E-state index contributed by atoms with van der Waals surface area (Å²) in [4.78, 5) is 32.2. The molecule has 0 radical (unpaired) electrons. The molecule has 0 atom stereocenters. The van der Waals surface area contributed by atoms with Crippen LogP contribution >= 0.6 is 0 Å². The van der Waals surface area contributed by atoms with Crippen molar-refractivity contribution in [1.82, 2.24) is 4.90 Å². The molecule has 9 nitrogen and oxygen atoms in total. The van der Waals surface area contributed by atoms with Gasteiger partial charge < -0.3 is 24.8 Å². The average Bonchev–Trinajstić information content (AvgIpc) is 2.86. The Kier molecular flexibility index (Phi) is 11.4. The molecule has 1 aliphatic carbocycles. The minimum absolute atomic E-state index is 0.0367. The van der Waals surface area contributed by atoms with Crippen LogP contribution in [0.25, 0.3) is 0 Å². The predicted octanol–water partition coefficient (Wildman–Crippen LogP) is 5.14. The van der Waals surface area contributed by atoms with Crippen molar-refractivity contribution < 1.29 is 28.6 Å². The van der Waals surface area contributed by atoms with E-state index in [4.69, 9.17) is 24.8 Å². The third-order valence-corrected chi connectivity index (χ3v) is 6.29. The Balaban J connectivity index is 2.17. The number of nitrogens with zero attached hydrogens (tertiary/aromatic N) is 2. The van der Waals surface area contributed by atoms with E-state index < -0.39 is 23.2 Å². The zero-order valence-electron chi connectivity index (χ0n) is 23.1. The lowest BCUT2D eigenvalue weighted by atomic mass is 9.75. The zero-order valence-corrected chi connectivity index (χ0v) is 23.1. The Labute approximate surface area is 220 Å². The molecule has 206 valence electrons. The SMILES string of the molecule is CC/C=C(/O/N=C(\N)[C@]1(N(C)C(=O)OC(C)(C)C)CC[C@H](COCc2ccccc2)CC1)C(=O)OCC. The molecular formula is C28H43N3O6. The summed E-state index contributed by atoms with van der Waals surface area (Å²) < 4.78 is 16.6. The fraction of sp³-hybridized carbons (Fsp3) is 0.607. The van der Waals surface area contributed by atoms with Crippen molar-refractivity contribution in [3.05, 3.63) is 47.7 Å². The van der Waals surface area contributed by atoms with Crippen LogP contribution in [-0.2, 0) is 30.4 Å². The summed E-state index contributed by atoms with van der Waals surface area (Å²) in [5.41, 5.74) is 6.02. The van der Waals surface area contributed by atoms with Crippen LogP contribution in [0.2, 0.25) is 0 Å². The number of hydrogen-bond acceptors (Lipinski definition) is 7. The second-order valence-electron chi connectivity index (χ2n) is 10.3. The first-order valence-corrected chi connectivity index (χ1v) is 13.0. The van der Waals surface area contributed by atoms with Crippen LogP contribution in [0.15, 0.2) is 47.3 Å². The number of amidine groups is 1. The number of rotatable bonds is 11. The number of carbonyl (C=O) groups is 2. The lowest BCUT2D eigenvalue weighted by Gasteiger charge is -2.45. The molecule has 1 amide bonds. The van der Waals surface area contributed by atoms with Crippen molar-refractivity contribution in [2.24, 2.45) is 16.8 Å². The monoisotopic (exact) mass is 517 g/mol. The maximum atomic E-state index is 13.1. The van der Waals surface area contributed by atoms with Crippen LogP contribution in [0, 0.1) is 5.92 Å². The average molecular weight is 518 g/mol. The second-order valence-corrected chi connectivity index (χ2v) is 10.3. The van der Waals surface area contributed by atoms with Gasteiger partial charge in [0.1, 0.15) is 11.1 Å². The predicted molar refractivity (Wildman–Crippen MR) is 142 cm³/mol. The molecule has 2 N–H and O–H groups in total. The summed E-state index contributed by atoms with van der Waals surface area (Å²) in [5.74, 6) is -0.233. The first-order chi connectivity index (χ1) is 17.5. The first kappa shape index (κ1) is 30.2. The van der Waals surface area contributed by atoms with E-state index in [1.165, 1.54) is 4.90 Å². The molecular weight excluding hydrogens is 474 g/mol. The second kappa shape index (κ2) is 14.0. The summed E-state index contributed by atoms with van der Waals surface area (Å²) in [7, 11) is 1.66. The molecule has 37 heavy (non-hydrogen) atoms. The van der Waals surface area contributed by atoms with Crippen LogP contribution in [0.1, 0.15) is 72.3 Å². The van der Waals surface area contributed by atoms with Crippen molar-refractivity contribution in [2.75, 3.05) is 20.3 Å². The number of benzene rings is 1. The van der Waals surface area contributed by atoms with E-state index in [1.807, 2.05) is 58.0 Å². The molecule has 0 aromatic heterocycles. The highest BCUT2D eigenvalue weighted by molar-refractivity contribution is 5.93. The van der Waals surface area contributed by atoms with Crippen LogP contribution in [0.3, 0.4) is 0 Å². The Morgan fingerprint density at radius 2 is 1.81 bits per heavy atom. The zero-order chi connectivity index (χ0) is 27.5. The third-order valence-electron chi connectivity index (χ3n) is 6.29. The van der Waals surface area contributed by atoms with Gasteiger partial charge >= 0.3 is 12.1 Å². The summed E-state index contributed by atoms with van der Waals surface area (Å²) in [6.07, 6.45) is 4.28. The lowest BCUT2D eigenvalue weighted by Crippen LogP contribution is -2.60. The number of oxime groups is 1. The molecule has 0 aliphatic heterocycles. The van der Waals surface area contributed by atoms with Gasteiger partial charge in [-0.2, -0.15) is 0 Å². The fourth-order valence-corrected chi connectivity index (χ4v) is 4.24. The summed E-state index contributed by atoms with van der Waals surface area (Å²) >= 11 is 0. The van der Waals surface area contributed by atoms with Gasteiger partial charge in [0.2, 0.25) is 5.76 Å². The van der Waals surface area contributed by atoms with Crippen LogP contribution in [-0.4, -0.2) is 54.2 Å². The molecule has 0 spiro atoms. The number of nitrogens with two attached hydrogens (primary N) is 1. The standard InChI is InChI=1S/C28H43N3O6/c1-7-12-23(24(32)35-8-2)37-30-25(29)28(31(6)26(33)36-27(3,4)5)17-15-22(16-18-28)20-34-19-21-13-10-9-11-14-21/h9-14,22H,7-8,15-20H2,1-6H3,(H2,29,30)/b23-12+/t22-,28-. The van der Waals surface area contributed by atoms with Crippen LogP contribution in [0.5, 0.6) is 0 Å². The number of allylic oxidation sites excluding steroid dienone is 1. The number of likely N-dealkylation sites (N-methyl/N-ethyl adjacent to an activating group) is 1. The molecule has 1 saturated carbocycles. The number of carbonyl (C=O) groups excluding carboxylic acids is 2. The maximum absolute atomic E-state index is 13.1. The Bertz CT molecular complexity index is 931. The molecule has 1 aromatic carbocycles. The van der Waals surface area contributed by atoms with Crippen molar-refractivity contribution in [2.45, 2.75) is 84.5 Å². The Morgan fingerprint density at radius 3 is 2.38 bits per heavy atom. The largest absolute Gasteiger partial charge is 0.460 e. The highest BCUT2D eigenvalue weighted by atomic mass is 16.7. The lowest BCUT2D eigenvalue weighted by molar-refractivity contribution is -0.142. The van der Waals surface area contributed by atoms with Gasteiger partial charge in [0.25, 0.3) is 0 Å². The summed E-state index contributed by atoms with van der Waals surface area (Å²) in [5, 5.41) is 4.11. The van der Waals surface area contributed by atoms with Crippen molar-refractivity contribution in [3.8, 4) is 0 Å². The molecule has 2 rings (SSSR count). The molecule has 0 saturated heterocycles. The van der Waals surface area contributed by atoms with Crippen LogP contribution in [0.4, 0.5) is 4.79 Å². The van der Waals surface area contributed by atoms with Crippen LogP contribution < -0.4 is 5.73 Å². The molecule has 0 bridgehead atoms. The van der Waals surface area contributed by atoms with Crippen molar-refractivity contribution >= 4 is 17.9 Å². The van der Waals surface area contributed by atoms with E-state index >= 15 is 0 Å². The molecule has 0 unspecified atom stereocenters. The topological polar surface area (TPSA) is 113 Å². The van der Waals surface area contributed by atoms with Gasteiger partial charge in [-0.25, -0.2) is 9.59 Å². The molecule has 0 heterocycles. The smallest absolute Gasteiger partial charge is 0.410 e. The number of amides is 1. The van der Waals surface area contributed by atoms with Gasteiger partial charge in [-0.15, -0.1) is 0 Å². The van der Waals surface area contributed by atoms with E-state index in [2.05, 4.69) is 5.16 Å². The highest BCUT2D eigenvalue weighted by Gasteiger charge is 2.46. The Hall–Kier alpha value is -3.07. The number of hydrogen-bond donors (Lipinski definition) is 1. The first-order valence-electron chi connectivity index (χ1n) is 13.0. The quantitative estimate of drug-likeness (QED) is 0.108. The molecule has 9 heteroatoms. The van der Waals surface area contributed by atoms with Gasteiger partial charge in [-0.05, 0) is 77.4 Å². The summed E-state index contributed by atoms with van der Waals surface area (Å²) in [6, 6.07) is 10.0. The van der Waals surface area contributed by atoms with E-state index in [0.717, 1.165) is 18.4 Å². The van der Waals surface area contributed by atoms with Gasteiger partial charge in [0.05, 0.1) is 13.2 Å². The van der Waals surface area contributed by atoms with Gasteiger partial charge in [0, 0.05) is 13.7 Å².